The van der Waals surface area contributed by atoms with Crippen molar-refractivity contribution in [3.8, 4) is 5.88 Å². The second-order valence-corrected chi connectivity index (χ2v) is 4.41. The van der Waals surface area contributed by atoms with Crippen LogP contribution in [-0.2, 0) is 0 Å². The maximum absolute atomic E-state index is 12.0. The molecule has 2 amide bonds. The quantitative estimate of drug-likeness (QED) is 0.930. The number of pyridine rings is 1. The van der Waals surface area contributed by atoms with Gasteiger partial charge in [-0.1, -0.05) is 0 Å². The van der Waals surface area contributed by atoms with Gasteiger partial charge in [0, 0.05) is 19.2 Å². The second-order valence-electron chi connectivity index (χ2n) is 4.41. The zero-order valence-electron chi connectivity index (χ0n) is 10.6. The second kappa shape index (κ2) is 5.98. The van der Waals surface area contributed by atoms with E-state index in [1.54, 1.807) is 4.90 Å². The Morgan fingerprint density at radius 2 is 2.05 bits per heavy atom. The molecule has 1 aromatic rings. The monoisotopic (exact) mass is 289 g/mol. The Morgan fingerprint density at radius 1 is 1.35 bits per heavy atom. The third-order valence-corrected chi connectivity index (χ3v) is 2.76. The lowest BCUT2D eigenvalue weighted by molar-refractivity contribution is -0.154. The van der Waals surface area contributed by atoms with Gasteiger partial charge in [0.05, 0.1) is 11.9 Å². The molecule has 0 bridgehead atoms. The Bertz CT molecular complexity index is 456. The van der Waals surface area contributed by atoms with Crippen LogP contribution in [0.4, 0.5) is 23.7 Å². The van der Waals surface area contributed by atoms with E-state index in [0.29, 0.717) is 18.8 Å². The smallest absolute Gasteiger partial charge is 0.422 e. The van der Waals surface area contributed by atoms with Gasteiger partial charge in [-0.25, -0.2) is 9.78 Å². The number of rotatable bonds is 3. The van der Waals surface area contributed by atoms with Crippen LogP contribution in [0.25, 0.3) is 0 Å². The third-order valence-electron chi connectivity index (χ3n) is 2.76. The molecule has 0 aliphatic carbocycles. The number of likely N-dealkylation sites (tertiary alicyclic amines) is 1. The maximum atomic E-state index is 12.0. The highest BCUT2D eigenvalue weighted by molar-refractivity contribution is 5.89. The van der Waals surface area contributed by atoms with Crippen molar-refractivity contribution in [3.05, 3.63) is 18.3 Å². The Morgan fingerprint density at radius 3 is 2.60 bits per heavy atom. The first kappa shape index (κ1) is 14.4. The summed E-state index contributed by atoms with van der Waals surface area (Å²) in [4.78, 5) is 17.1. The van der Waals surface area contributed by atoms with Gasteiger partial charge in [0.15, 0.2) is 6.61 Å². The summed E-state index contributed by atoms with van der Waals surface area (Å²) in [6, 6.07) is 2.51. The maximum Gasteiger partial charge on any atom is 0.422 e. The van der Waals surface area contributed by atoms with Crippen molar-refractivity contribution in [3.63, 3.8) is 0 Å². The SMILES string of the molecule is O=C(Nc1ccc(OCC(F)(F)F)nc1)N1CCCC1. The van der Waals surface area contributed by atoms with E-state index >= 15 is 0 Å². The number of carbonyl (C=O) groups is 1. The van der Waals surface area contributed by atoms with E-state index in [9.17, 15) is 18.0 Å². The molecular formula is C12H14F3N3O2. The molecule has 1 aliphatic heterocycles. The first-order valence-corrected chi connectivity index (χ1v) is 6.15. The van der Waals surface area contributed by atoms with Crippen molar-refractivity contribution in [1.29, 1.82) is 0 Å². The number of nitrogens with one attached hydrogen (secondary N) is 1. The van der Waals surface area contributed by atoms with E-state index in [-0.39, 0.29) is 11.9 Å². The fourth-order valence-corrected chi connectivity index (χ4v) is 1.82. The van der Waals surface area contributed by atoms with Crippen molar-refractivity contribution in [2.24, 2.45) is 0 Å². The molecule has 0 atom stereocenters. The topological polar surface area (TPSA) is 54.5 Å². The van der Waals surface area contributed by atoms with Crippen molar-refractivity contribution in [2.45, 2.75) is 19.0 Å². The minimum atomic E-state index is -4.40. The van der Waals surface area contributed by atoms with Crippen molar-refractivity contribution < 1.29 is 22.7 Å². The average Bonchev–Trinajstić information content (AvgIpc) is 2.91. The summed E-state index contributed by atoms with van der Waals surface area (Å²) in [6.45, 7) is 0.0392. The molecule has 0 radical (unpaired) electrons. The molecule has 1 aliphatic rings. The molecule has 0 aromatic carbocycles. The van der Waals surface area contributed by atoms with Crippen molar-refractivity contribution in [1.82, 2.24) is 9.88 Å². The molecule has 1 saturated heterocycles. The molecule has 1 fully saturated rings. The lowest BCUT2D eigenvalue weighted by Gasteiger charge is -2.16. The van der Waals surface area contributed by atoms with E-state index < -0.39 is 12.8 Å². The zero-order chi connectivity index (χ0) is 14.6. The Balaban J connectivity index is 1.86. The number of hydrogen-bond acceptors (Lipinski definition) is 3. The number of amides is 2. The highest BCUT2D eigenvalue weighted by Crippen LogP contribution is 2.18. The van der Waals surface area contributed by atoms with E-state index in [2.05, 4.69) is 15.0 Å². The zero-order valence-corrected chi connectivity index (χ0v) is 10.6. The molecule has 20 heavy (non-hydrogen) atoms. The van der Waals surface area contributed by atoms with Crippen LogP contribution in [0.5, 0.6) is 5.88 Å². The summed E-state index contributed by atoms with van der Waals surface area (Å²) in [5.41, 5.74) is 0.418. The number of urea groups is 1. The summed E-state index contributed by atoms with van der Waals surface area (Å²) in [5.74, 6) is -0.138. The molecule has 0 spiro atoms. The standard InChI is InChI=1S/C12H14F3N3O2/c13-12(14,15)8-20-10-4-3-9(7-16-10)17-11(19)18-5-1-2-6-18/h3-4,7H,1-2,5-6,8H2,(H,17,19). The molecular weight excluding hydrogens is 275 g/mol. The minimum absolute atomic E-state index is 0.138. The van der Waals surface area contributed by atoms with Gasteiger partial charge in [0.2, 0.25) is 5.88 Å². The van der Waals surface area contributed by atoms with Crippen molar-refractivity contribution >= 4 is 11.7 Å². The number of aromatic nitrogens is 1. The number of hydrogen-bond donors (Lipinski definition) is 1. The molecule has 5 nitrogen and oxygen atoms in total. The van der Waals surface area contributed by atoms with Gasteiger partial charge in [-0.15, -0.1) is 0 Å². The van der Waals surface area contributed by atoms with E-state index in [1.807, 2.05) is 0 Å². The number of halogens is 3. The van der Waals surface area contributed by atoms with Gasteiger partial charge in [0.25, 0.3) is 0 Å². The van der Waals surface area contributed by atoms with Crippen LogP contribution < -0.4 is 10.1 Å². The van der Waals surface area contributed by atoms with Gasteiger partial charge < -0.3 is 15.0 Å². The summed E-state index contributed by atoms with van der Waals surface area (Å²) in [6.07, 6.45) is -1.17. The van der Waals surface area contributed by atoms with Crippen LogP contribution >= 0.6 is 0 Å². The Labute approximate surface area is 113 Å². The van der Waals surface area contributed by atoms with E-state index in [1.165, 1.54) is 18.3 Å². The highest BCUT2D eigenvalue weighted by atomic mass is 19.4. The third kappa shape index (κ3) is 4.29. The average molecular weight is 289 g/mol. The lowest BCUT2D eigenvalue weighted by atomic mass is 10.4. The van der Waals surface area contributed by atoms with Gasteiger partial charge in [0.1, 0.15) is 0 Å². The molecule has 0 saturated carbocycles. The fourth-order valence-electron chi connectivity index (χ4n) is 1.82. The van der Waals surface area contributed by atoms with Crippen LogP contribution in [0.3, 0.4) is 0 Å². The molecule has 2 rings (SSSR count). The Kier molecular flexibility index (Phi) is 4.31. The number of alkyl halides is 3. The molecule has 1 aromatic heterocycles. The van der Waals surface area contributed by atoms with Crippen molar-refractivity contribution in [2.75, 3.05) is 25.0 Å². The number of ether oxygens (including phenoxy) is 1. The summed E-state index contributed by atoms with van der Waals surface area (Å²) in [7, 11) is 0. The molecule has 1 N–H and O–H groups in total. The van der Waals surface area contributed by atoms with Gasteiger partial charge in [-0.05, 0) is 18.9 Å². The first-order chi connectivity index (χ1) is 9.44. The van der Waals surface area contributed by atoms with Crippen LogP contribution in [0.2, 0.25) is 0 Å². The Hall–Kier alpha value is -1.99. The van der Waals surface area contributed by atoms with Gasteiger partial charge in [-0.3, -0.25) is 0 Å². The van der Waals surface area contributed by atoms with Crippen LogP contribution in [0.1, 0.15) is 12.8 Å². The van der Waals surface area contributed by atoms with Crippen LogP contribution in [0.15, 0.2) is 18.3 Å². The number of nitrogens with zero attached hydrogens (tertiary/aromatic N) is 2. The molecule has 110 valence electrons. The summed E-state index contributed by atoms with van der Waals surface area (Å²) in [5, 5.41) is 2.63. The minimum Gasteiger partial charge on any atom is -0.468 e. The van der Waals surface area contributed by atoms with Gasteiger partial charge >= 0.3 is 12.2 Å². The largest absolute Gasteiger partial charge is 0.468 e. The molecule has 2 heterocycles. The fraction of sp³-hybridized carbons (Fsp3) is 0.500. The lowest BCUT2D eigenvalue weighted by Crippen LogP contribution is -2.32. The van der Waals surface area contributed by atoms with Crippen LogP contribution in [-0.4, -0.2) is 41.8 Å². The van der Waals surface area contributed by atoms with Gasteiger partial charge in [-0.2, -0.15) is 13.2 Å². The van der Waals surface area contributed by atoms with Crippen LogP contribution in [0, 0.1) is 0 Å². The molecule has 0 unspecified atom stereocenters. The normalized spacial score (nSPS) is 15.2. The predicted octanol–water partition coefficient (Wildman–Crippen LogP) is 2.65. The first-order valence-electron chi connectivity index (χ1n) is 6.15. The number of anilines is 1. The van der Waals surface area contributed by atoms with E-state index in [4.69, 9.17) is 0 Å². The summed E-state index contributed by atoms with van der Waals surface area (Å²) < 4.78 is 40.3. The summed E-state index contributed by atoms with van der Waals surface area (Å²) >= 11 is 0. The highest BCUT2D eigenvalue weighted by Gasteiger charge is 2.28. The van der Waals surface area contributed by atoms with E-state index in [0.717, 1.165) is 12.8 Å². The molecule has 8 heteroatoms. The number of carbonyl (C=O) groups excluding carboxylic acids is 1. The predicted molar refractivity (Wildman–Crippen MR) is 65.6 cm³/mol.